The van der Waals surface area contributed by atoms with Crippen molar-refractivity contribution < 1.29 is 14.1 Å². The third kappa shape index (κ3) is 3.30. The lowest BCUT2D eigenvalue weighted by Crippen LogP contribution is -2.38. The smallest absolute Gasteiger partial charge is 0.232 e. The second-order valence-electron chi connectivity index (χ2n) is 5.36. The molecule has 0 spiro atoms. The minimum Gasteiger partial charge on any atom is -0.331 e. The molecule has 0 bridgehead atoms. The summed E-state index contributed by atoms with van der Waals surface area (Å²) in [6, 6.07) is 0. The summed E-state index contributed by atoms with van der Waals surface area (Å²) < 4.78 is 0.867. The van der Waals surface area contributed by atoms with Crippen LogP contribution in [0.2, 0.25) is 0 Å². The quantitative estimate of drug-likeness (QED) is 0.503. The van der Waals surface area contributed by atoms with E-state index in [9.17, 15) is 9.59 Å². The number of hydrogen-bond donors (Lipinski definition) is 0. The first kappa shape index (κ1) is 12.2. The van der Waals surface area contributed by atoms with Crippen molar-refractivity contribution in [2.75, 3.05) is 34.2 Å². The maximum atomic E-state index is 11.6. The van der Waals surface area contributed by atoms with E-state index < -0.39 is 0 Å². The van der Waals surface area contributed by atoms with Crippen LogP contribution in [-0.4, -0.2) is 55.4 Å². The Balaban J connectivity index is 2.39. The predicted molar refractivity (Wildman–Crippen MR) is 58.0 cm³/mol. The lowest BCUT2D eigenvalue weighted by atomic mass is 10.1. The van der Waals surface area contributed by atoms with Gasteiger partial charge < -0.3 is 4.48 Å². The third-order valence-corrected chi connectivity index (χ3v) is 2.68. The molecule has 4 heteroatoms. The second-order valence-corrected chi connectivity index (χ2v) is 5.36. The number of nitrogens with zero attached hydrogens (tertiary/aromatic N) is 2. The molecular formula is C11H21N2O2+. The molecule has 1 unspecified atom stereocenters. The maximum Gasteiger partial charge on any atom is 0.232 e. The molecule has 86 valence electrons. The van der Waals surface area contributed by atoms with Gasteiger partial charge in [-0.15, -0.1) is 0 Å². The normalized spacial score (nSPS) is 22.7. The number of hydrogen-bond acceptors (Lipinski definition) is 2. The minimum atomic E-state index is -0.110. The molecular weight excluding hydrogens is 192 g/mol. The summed E-state index contributed by atoms with van der Waals surface area (Å²) in [6.07, 6.45) is 1.27. The second kappa shape index (κ2) is 4.31. The summed E-state index contributed by atoms with van der Waals surface area (Å²) in [7, 11) is 6.32. The van der Waals surface area contributed by atoms with Crippen molar-refractivity contribution in [3.63, 3.8) is 0 Å². The molecule has 0 aromatic rings. The molecule has 0 aliphatic carbocycles. The Morgan fingerprint density at radius 1 is 1.33 bits per heavy atom. The largest absolute Gasteiger partial charge is 0.331 e. The van der Waals surface area contributed by atoms with Crippen molar-refractivity contribution in [1.29, 1.82) is 0 Å². The van der Waals surface area contributed by atoms with Gasteiger partial charge in [-0.25, -0.2) is 0 Å². The van der Waals surface area contributed by atoms with Gasteiger partial charge in [0, 0.05) is 25.3 Å². The fourth-order valence-electron chi connectivity index (χ4n) is 1.79. The van der Waals surface area contributed by atoms with Crippen LogP contribution < -0.4 is 0 Å². The van der Waals surface area contributed by atoms with E-state index in [1.807, 2.05) is 6.92 Å². The third-order valence-electron chi connectivity index (χ3n) is 2.68. The van der Waals surface area contributed by atoms with Gasteiger partial charge in [0.1, 0.15) is 0 Å². The molecule has 4 nitrogen and oxygen atoms in total. The molecule has 2 amide bonds. The van der Waals surface area contributed by atoms with Crippen molar-refractivity contribution >= 4 is 11.8 Å². The molecule has 1 fully saturated rings. The highest BCUT2D eigenvalue weighted by molar-refractivity contribution is 6.03. The van der Waals surface area contributed by atoms with Gasteiger partial charge in [-0.05, 0) is 0 Å². The van der Waals surface area contributed by atoms with Gasteiger partial charge in [0.05, 0.1) is 27.7 Å². The zero-order valence-corrected chi connectivity index (χ0v) is 10.1. The molecule has 0 saturated carbocycles. The number of carbonyl (C=O) groups is 2. The fourth-order valence-corrected chi connectivity index (χ4v) is 1.79. The van der Waals surface area contributed by atoms with Crippen LogP contribution in [0.25, 0.3) is 0 Å². The van der Waals surface area contributed by atoms with Crippen molar-refractivity contribution in [3.8, 4) is 0 Å². The molecule has 0 radical (unpaired) electrons. The SMILES string of the molecule is CC1CC(=O)N(CCC[N+](C)(C)C)C1=O. The number of quaternary nitrogens is 1. The number of amides is 2. The molecule has 0 aromatic heterocycles. The summed E-state index contributed by atoms with van der Waals surface area (Å²) in [5, 5.41) is 0. The Bertz CT molecular complexity index is 268. The Labute approximate surface area is 91.4 Å². The zero-order chi connectivity index (χ0) is 11.6. The lowest BCUT2D eigenvalue weighted by Gasteiger charge is -2.24. The summed E-state index contributed by atoms with van der Waals surface area (Å²) in [6.45, 7) is 3.38. The Morgan fingerprint density at radius 2 is 1.93 bits per heavy atom. The standard InChI is InChI=1S/C11H21N2O2/c1-9-8-10(14)12(11(9)15)6-5-7-13(2,3)4/h9H,5-8H2,1-4H3/q+1. The number of likely N-dealkylation sites (tertiary alicyclic amines) is 1. The van der Waals surface area contributed by atoms with Gasteiger partial charge in [-0.1, -0.05) is 6.92 Å². The van der Waals surface area contributed by atoms with E-state index in [0.717, 1.165) is 17.4 Å². The Kier molecular flexibility index (Phi) is 3.50. The Hall–Kier alpha value is -0.900. The number of carbonyl (C=O) groups excluding carboxylic acids is 2. The van der Waals surface area contributed by atoms with E-state index in [0.29, 0.717) is 13.0 Å². The molecule has 1 rings (SSSR count). The Morgan fingerprint density at radius 3 is 2.33 bits per heavy atom. The average Bonchev–Trinajstić information content (AvgIpc) is 2.29. The van der Waals surface area contributed by atoms with Gasteiger partial charge in [0.15, 0.2) is 0 Å². The van der Waals surface area contributed by atoms with E-state index in [2.05, 4.69) is 21.1 Å². The summed E-state index contributed by atoms with van der Waals surface area (Å²) in [4.78, 5) is 24.4. The molecule has 1 aliphatic heterocycles. The van der Waals surface area contributed by atoms with Gasteiger partial charge in [0.2, 0.25) is 11.8 Å². The predicted octanol–water partition coefficient (Wildman–Crippen LogP) is 0.478. The molecule has 1 heterocycles. The van der Waals surface area contributed by atoms with Crippen LogP contribution in [0.1, 0.15) is 19.8 Å². The van der Waals surface area contributed by atoms with E-state index >= 15 is 0 Å². The first-order chi connectivity index (χ1) is 6.81. The average molecular weight is 213 g/mol. The topological polar surface area (TPSA) is 37.4 Å². The van der Waals surface area contributed by atoms with Gasteiger partial charge in [-0.3, -0.25) is 14.5 Å². The monoisotopic (exact) mass is 213 g/mol. The highest BCUT2D eigenvalue weighted by atomic mass is 16.2. The highest BCUT2D eigenvalue weighted by Gasteiger charge is 2.35. The summed E-state index contributed by atoms with van der Waals surface area (Å²) in [5.41, 5.74) is 0. The van der Waals surface area contributed by atoms with Gasteiger partial charge >= 0.3 is 0 Å². The van der Waals surface area contributed by atoms with E-state index in [4.69, 9.17) is 0 Å². The van der Waals surface area contributed by atoms with Crippen molar-refractivity contribution in [1.82, 2.24) is 4.90 Å². The number of imide groups is 1. The van der Waals surface area contributed by atoms with Crippen LogP contribution in [0.3, 0.4) is 0 Å². The van der Waals surface area contributed by atoms with Crippen LogP contribution in [-0.2, 0) is 9.59 Å². The zero-order valence-electron chi connectivity index (χ0n) is 10.1. The first-order valence-corrected chi connectivity index (χ1v) is 5.46. The van der Waals surface area contributed by atoms with Crippen LogP contribution in [0.4, 0.5) is 0 Å². The highest BCUT2D eigenvalue weighted by Crippen LogP contribution is 2.18. The van der Waals surface area contributed by atoms with Crippen LogP contribution in [0.5, 0.6) is 0 Å². The van der Waals surface area contributed by atoms with Crippen LogP contribution >= 0.6 is 0 Å². The van der Waals surface area contributed by atoms with E-state index in [1.165, 1.54) is 4.90 Å². The summed E-state index contributed by atoms with van der Waals surface area (Å²) >= 11 is 0. The first-order valence-electron chi connectivity index (χ1n) is 5.46. The van der Waals surface area contributed by atoms with Crippen molar-refractivity contribution in [3.05, 3.63) is 0 Å². The number of rotatable bonds is 4. The minimum absolute atomic E-state index is 0.00130. The van der Waals surface area contributed by atoms with Gasteiger partial charge in [-0.2, -0.15) is 0 Å². The maximum absolute atomic E-state index is 11.6. The van der Waals surface area contributed by atoms with E-state index in [-0.39, 0.29) is 17.7 Å². The van der Waals surface area contributed by atoms with Crippen molar-refractivity contribution in [2.24, 2.45) is 5.92 Å². The summed E-state index contributed by atoms with van der Waals surface area (Å²) in [5.74, 6) is -0.114. The van der Waals surface area contributed by atoms with Gasteiger partial charge in [0.25, 0.3) is 0 Å². The molecule has 0 N–H and O–H groups in total. The van der Waals surface area contributed by atoms with Crippen LogP contribution in [0, 0.1) is 5.92 Å². The molecule has 1 atom stereocenters. The molecule has 1 saturated heterocycles. The lowest BCUT2D eigenvalue weighted by molar-refractivity contribution is -0.870. The van der Waals surface area contributed by atoms with Crippen LogP contribution in [0.15, 0.2) is 0 Å². The van der Waals surface area contributed by atoms with E-state index in [1.54, 1.807) is 0 Å². The molecule has 15 heavy (non-hydrogen) atoms. The van der Waals surface area contributed by atoms with Crippen molar-refractivity contribution in [2.45, 2.75) is 19.8 Å². The molecule has 0 aromatic carbocycles. The molecule has 1 aliphatic rings. The fraction of sp³-hybridized carbons (Fsp3) is 0.818.